The molecule has 0 radical (unpaired) electrons. The predicted molar refractivity (Wildman–Crippen MR) is 76.1 cm³/mol. The van der Waals surface area contributed by atoms with E-state index in [0.717, 1.165) is 5.56 Å². The Morgan fingerprint density at radius 2 is 2.15 bits per heavy atom. The minimum atomic E-state index is -0.476. The molecule has 1 aromatic heterocycles. The fourth-order valence-corrected chi connectivity index (χ4v) is 1.97. The molecule has 0 aliphatic heterocycles. The lowest BCUT2D eigenvalue weighted by Gasteiger charge is -2.09. The molecule has 106 valence electrons. The number of benzene rings is 1. The van der Waals surface area contributed by atoms with Gasteiger partial charge in [-0.2, -0.15) is 5.10 Å². The first-order valence-corrected chi connectivity index (χ1v) is 6.34. The van der Waals surface area contributed by atoms with Gasteiger partial charge in [0.25, 0.3) is 5.91 Å². The zero-order valence-corrected chi connectivity index (χ0v) is 11.7. The number of nitrogens with two attached hydrogens (primary N) is 1. The number of anilines is 2. The lowest BCUT2D eigenvalue weighted by Crippen LogP contribution is -2.19. The number of aryl methyl sites for hydroxylation is 3. The third-order valence-electron chi connectivity index (χ3n) is 3.06. The molecule has 0 saturated heterocycles. The molecule has 2 rings (SSSR count). The molecule has 0 aliphatic rings. The van der Waals surface area contributed by atoms with Gasteiger partial charge >= 0.3 is 0 Å². The molecule has 1 aromatic carbocycles. The third-order valence-corrected chi connectivity index (χ3v) is 3.06. The Bertz CT molecular complexity index is 663. The van der Waals surface area contributed by atoms with E-state index in [9.17, 15) is 9.18 Å². The van der Waals surface area contributed by atoms with E-state index in [1.165, 1.54) is 16.8 Å². The van der Waals surface area contributed by atoms with Crippen LogP contribution in [0, 0.1) is 19.7 Å². The van der Waals surface area contributed by atoms with Crippen molar-refractivity contribution < 1.29 is 9.18 Å². The van der Waals surface area contributed by atoms with Crippen molar-refractivity contribution in [2.24, 2.45) is 0 Å². The Balaban J connectivity index is 2.33. The topological polar surface area (TPSA) is 72.9 Å². The van der Waals surface area contributed by atoms with Crippen LogP contribution in [0.1, 0.15) is 28.7 Å². The van der Waals surface area contributed by atoms with Gasteiger partial charge in [0.2, 0.25) is 0 Å². The van der Waals surface area contributed by atoms with E-state index < -0.39 is 11.7 Å². The zero-order chi connectivity index (χ0) is 14.9. The number of aromatic nitrogens is 2. The zero-order valence-electron chi connectivity index (χ0n) is 11.7. The molecule has 0 atom stereocenters. The minimum Gasteiger partial charge on any atom is -0.395 e. The van der Waals surface area contributed by atoms with Crippen LogP contribution in [-0.2, 0) is 6.54 Å². The van der Waals surface area contributed by atoms with Gasteiger partial charge in [0.1, 0.15) is 11.5 Å². The van der Waals surface area contributed by atoms with Crippen molar-refractivity contribution in [3.05, 3.63) is 41.0 Å². The molecule has 0 aliphatic carbocycles. The van der Waals surface area contributed by atoms with Crippen LogP contribution >= 0.6 is 0 Å². The quantitative estimate of drug-likeness (QED) is 0.904. The summed E-state index contributed by atoms with van der Waals surface area (Å²) in [6, 6.07) is 4.62. The van der Waals surface area contributed by atoms with E-state index in [1.807, 2.05) is 6.92 Å². The van der Waals surface area contributed by atoms with Crippen molar-refractivity contribution in [3.63, 3.8) is 0 Å². The van der Waals surface area contributed by atoms with E-state index in [-0.39, 0.29) is 11.4 Å². The first-order valence-electron chi connectivity index (χ1n) is 6.34. The first kappa shape index (κ1) is 14.0. The summed E-state index contributed by atoms with van der Waals surface area (Å²) >= 11 is 0. The van der Waals surface area contributed by atoms with Gasteiger partial charge in [-0.1, -0.05) is 6.07 Å². The van der Waals surface area contributed by atoms with Crippen molar-refractivity contribution in [2.45, 2.75) is 27.3 Å². The highest BCUT2D eigenvalue weighted by Crippen LogP contribution is 2.20. The van der Waals surface area contributed by atoms with E-state index >= 15 is 0 Å². The van der Waals surface area contributed by atoms with Gasteiger partial charge in [-0.15, -0.1) is 0 Å². The van der Waals surface area contributed by atoms with Crippen LogP contribution in [0.5, 0.6) is 0 Å². The van der Waals surface area contributed by atoms with Gasteiger partial charge < -0.3 is 11.1 Å². The molecular weight excluding hydrogens is 259 g/mol. The molecule has 3 N–H and O–H groups in total. The number of halogens is 1. The number of hydrogen-bond acceptors (Lipinski definition) is 3. The number of nitrogens with zero attached hydrogens (tertiary/aromatic N) is 2. The van der Waals surface area contributed by atoms with Crippen LogP contribution in [0.2, 0.25) is 0 Å². The smallest absolute Gasteiger partial charge is 0.276 e. The minimum absolute atomic E-state index is 0.126. The first-order chi connectivity index (χ1) is 9.43. The second-order valence-electron chi connectivity index (χ2n) is 4.60. The van der Waals surface area contributed by atoms with Gasteiger partial charge in [0, 0.05) is 6.54 Å². The maximum Gasteiger partial charge on any atom is 0.276 e. The molecule has 6 heteroatoms. The molecular formula is C14H17FN4O. The number of carbonyl (C=O) groups is 1. The van der Waals surface area contributed by atoms with Gasteiger partial charge in [0.05, 0.1) is 17.1 Å². The van der Waals surface area contributed by atoms with Crippen LogP contribution < -0.4 is 11.1 Å². The normalized spacial score (nSPS) is 10.6. The van der Waals surface area contributed by atoms with Gasteiger partial charge in [0.15, 0.2) is 0 Å². The molecule has 0 bridgehead atoms. The van der Waals surface area contributed by atoms with Crippen LogP contribution in [0.15, 0.2) is 18.2 Å². The molecule has 0 saturated carbocycles. The summed E-state index contributed by atoms with van der Waals surface area (Å²) in [6.45, 7) is 5.87. The maximum absolute atomic E-state index is 13.7. The van der Waals surface area contributed by atoms with Crippen LogP contribution in [0.3, 0.4) is 0 Å². The van der Waals surface area contributed by atoms with E-state index in [1.54, 1.807) is 19.9 Å². The molecule has 0 fully saturated rings. The van der Waals surface area contributed by atoms with Crippen molar-refractivity contribution in [1.82, 2.24) is 9.78 Å². The lowest BCUT2D eigenvalue weighted by atomic mass is 10.2. The molecule has 0 unspecified atom stereocenters. The van der Waals surface area contributed by atoms with Crippen LogP contribution in [0.25, 0.3) is 0 Å². The summed E-state index contributed by atoms with van der Waals surface area (Å²) in [7, 11) is 0. The molecule has 1 heterocycles. The highest BCUT2D eigenvalue weighted by atomic mass is 19.1. The highest BCUT2D eigenvalue weighted by molar-refractivity contribution is 6.06. The Morgan fingerprint density at radius 3 is 2.75 bits per heavy atom. The molecule has 1 amide bonds. The number of rotatable bonds is 3. The van der Waals surface area contributed by atoms with Gasteiger partial charge in [-0.25, -0.2) is 4.39 Å². The second-order valence-corrected chi connectivity index (χ2v) is 4.60. The molecule has 0 spiro atoms. The molecule has 5 nitrogen and oxygen atoms in total. The van der Waals surface area contributed by atoms with Crippen molar-refractivity contribution in [2.75, 3.05) is 11.1 Å². The maximum atomic E-state index is 13.7. The van der Waals surface area contributed by atoms with E-state index in [0.29, 0.717) is 17.9 Å². The summed E-state index contributed by atoms with van der Waals surface area (Å²) < 4.78 is 15.3. The Labute approximate surface area is 116 Å². The number of nitrogens with one attached hydrogen (secondary N) is 1. The number of hydrogen-bond donors (Lipinski definition) is 2. The Morgan fingerprint density at radius 1 is 1.45 bits per heavy atom. The van der Waals surface area contributed by atoms with Gasteiger partial charge in [-0.3, -0.25) is 9.48 Å². The van der Waals surface area contributed by atoms with Gasteiger partial charge in [-0.05, 0) is 38.5 Å². The van der Waals surface area contributed by atoms with Crippen molar-refractivity contribution in [3.8, 4) is 0 Å². The third kappa shape index (κ3) is 2.49. The summed E-state index contributed by atoms with van der Waals surface area (Å²) in [5.74, 6) is -0.941. The fraction of sp³-hybridized carbons (Fsp3) is 0.286. The SMILES string of the molecule is CCn1nc(C)c(N)c1C(=O)Nc1ccc(C)cc1F. The predicted octanol–water partition coefficient (Wildman–Crippen LogP) is 2.49. The van der Waals surface area contributed by atoms with E-state index in [4.69, 9.17) is 5.73 Å². The fourth-order valence-electron chi connectivity index (χ4n) is 1.97. The summed E-state index contributed by atoms with van der Waals surface area (Å²) in [4.78, 5) is 12.2. The van der Waals surface area contributed by atoms with Crippen LogP contribution in [0.4, 0.5) is 15.8 Å². The summed E-state index contributed by atoms with van der Waals surface area (Å²) in [6.07, 6.45) is 0. The summed E-state index contributed by atoms with van der Waals surface area (Å²) in [5, 5.41) is 6.69. The number of amides is 1. The Kier molecular flexibility index (Phi) is 3.74. The highest BCUT2D eigenvalue weighted by Gasteiger charge is 2.20. The lowest BCUT2D eigenvalue weighted by molar-refractivity contribution is 0.101. The number of carbonyl (C=O) groups excluding carboxylic acids is 1. The monoisotopic (exact) mass is 276 g/mol. The van der Waals surface area contributed by atoms with Crippen molar-refractivity contribution in [1.29, 1.82) is 0 Å². The standard InChI is InChI=1S/C14H17FN4O/c1-4-19-13(12(16)9(3)18-19)14(20)17-11-6-5-8(2)7-10(11)15/h5-7H,4,16H2,1-3H3,(H,17,20). The average Bonchev–Trinajstić information content (AvgIpc) is 2.68. The molecule has 2 aromatic rings. The Hall–Kier alpha value is -2.37. The molecule has 20 heavy (non-hydrogen) atoms. The van der Waals surface area contributed by atoms with Crippen LogP contribution in [-0.4, -0.2) is 15.7 Å². The average molecular weight is 276 g/mol. The van der Waals surface area contributed by atoms with Crippen molar-refractivity contribution >= 4 is 17.3 Å². The summed E-state index contributed by atoms with van der Waals surface area (Å²) in [5.41, 5.74) is 7.93. The second kappa shape index (κ2) is 5.32. The largest absolute Gasteiger partial charge is 0.395 e. The number of nitrogen functional groups attached to an aromatic ring is 1. The van der Waals surface area contributed by atoms with E-state index in [2.05, 4.69) is 10.4 Å².